The SMILES string of the molecule is CSCCC(NC(=O)C(NC(=O)C(CC(N)=O)NC(=O)C(N)CCCCN)C(C)O)C(=O)O. The van der Waals surface area contributed by atoms with Crippen molar-refractivity contribution in [2.75, 3.05) is 18.6 Å². The Labute approximate surface area is 196 Å². The highest BCUT2D eigenvalue weighted by Crippen LogP contribution is 2.05. The Morgan fingerprint density at radius 1 is 0.939 bits per heavy atom. The lowest BCUT2D eigenvalue weighted by molar-refractivity contribution is -0.143. The van der Waals surface area contributed by atoms with Gasteiger partial charge in [-0.3, -0.25) is 19.2 Å². The number of aliphatic carboxylic acids is 1. The van der Waals surface area contributed by atoms with E-state index >= 15 is 0 Å². The highest BCUT2D eigenvalue weighted by molar-refractivity contribution is 7.98. The molecule has 13 nitrogen and oxygen atoms in total. The molecule has 4 amide bonds. The molecule has 0 aromatic rings. The molecule has 0 fully saturated rings. The van der Waals surface area contributed by atoms with Gasteiger partial charge in [-0.25, -0.2) is 4.79 Å². The second-order valence-electron chi connectivity index (χ2n) is 7.53. The third-order valence-electron chi connectivity index (χ3n) is 4.63. The number of carboxylic acids is 1. The van der Waals surface area contributed by atoms with Crippen LogP contribution in [0.4, 0.5) is 0 Å². The van der Waals surface area contributed by atoms with Gasteiger partial charge in [-0.05, 0) is 44.7 Å². The maximum Gasteiger partial charge on any atom is 0.326 e. The minimum Gasteiger partial charge on any atom is -0.480 e. The molecule has 5 unspecified atom stereocenters. The molecule has 14 heteroatoms. The lowest BCUT2D eigenvalue weighted by atomic mass is 10.1. The lowest BCUT2D eigenvalue weighted by Gasteiger charge is -2.26. The fourth-order valence-corrected chi connectivity index (χ4v) is 3.21. The molecule has 190 valence electrons. The van der Waals surface area contributed by atoms with Crippen LogP contribution in [0.1, 0.15) is 39.0 Å². The Bertz CT molecular complexity index is 679. The number of carbonyl (C=O) groups is 5. The van der Waals surface area contributed by atoms with Gasteiger partial charge in [0.25, 0.3) is 0 Å². The molecule has 0 saturated carbocycles. The van der Waals surface area contributed by atoms with E-state index in [1.165, 1.54) is 18.7 Å². The van der Waals surface area contributed by atoms with Crippen molar-refractivity contribution in [3.05, 3.63) is 0 Å². The average molecular weight is 493 g/mol. The van der Waals surface area contributed by atoms with Crippen molar-refractivity contribution in [1.29, 1.82) is 0 Å². The molecule has 33 heavy (non-hydrogen) atoms. The summed E-state index contributed by atoms with van der Waals surface area (Å²) in [7, 11) is 0. The second kappa shape index (κ2) is 16.2. The summed E-state index contributed by atoms with van der Waals surface area (Å²) in [5.41, 5.74) is 16.4. The van der Waals surface area contributed by atoms with E-state index in [1.807, 2.05) is 0 Å². The number of aliphatic hydroxyl groups is 1. The molecular weight excluding hydrogens is 456 g/mol. The molecule has 0 aliphatic rings. The summed E-state index contributed by atoms with van der Waals surface area (Å²) < 4.78 is 0. The fraction of sp³-hybridized carbons (Fsp3) is 0.737. The highest BCUT2D eigenvalue weighted by Gasteiger charge is 2.33. The van der Waals surface area contributed by atoms with E-state index in [0.29, 0.717) is 31.6 Å². The number of hydrogen-bond acceptors (Lipinski definition) is 9. The van der Waals surface area contributed by atoms with Crippen molar-refractivity contribution < 1.29 is 34.2 Å². The van der Waals surface area contributed by atoms with E-state index in [4.69, 9.17) is 17.2 Å². The third kappa shape index (κ3) is 12.4. The van der Waals surface area contributed by atoms with E-state index < -0.39 is 66.3 Å². The number of aliphatic hydroxyl groups excluding tert-OH is 1. The first-order chi connectivity index (χ1) is 15.4. The largest absolute Gasteiger partial charge is 0.480 e. The molecule has 0 radical (unpaired) electrons. The summed E-state index contributed by atoms with van der Waals surface area (Å²) in [6.07, 6.45) is 1.47. The number of carboxylic acid groups (broad SMARTS) is 1. The predicted molar refractivity (Wildman–Crippen MR) is 123 cm³/mol. The Hall–Kier alpha value is -2.42. The predicted octanol–water partition coefficient (Wildman–Crippen LogP) is -3.01. The quantitative estimate of drug-likeness (QED) is 0.0956. The summed E-state index contributed by atoms with van der Waals surface area (Å²) in [6.45, 7) is 1.65. The first-order valence-corrected chi connectivity index (χ1v) is 11.9. The van der Waals surface area contributed by atoms with Crippen molar-refractivity contribution in [3.8, 4) is 0 Å². The highest BCUT2D eigenvalue weighted by atomic mass is 32.2. The monoisotopic (exact) mass is 492 g/mol. The van der Waals surface area contributed by atoms with Gasteiger partial charge in [0.05, 0.1) is 18.6 Å². The topological polar surface area (TPSA) is 240 Å². The number of hydrogen-bond donors (Lipinski definition) is 8. The van der Waals surface area contributed by atoms with Crippen LogP contribution in [0, 0.1) is 0 Å². The van der Waals surface area contributed by atoms with Crippen LogP contribution in [0.25, 0.3) is 0 Å². The number of unbranched alkanes of at least 4 members (excludes halogenated alkanes) is 1. The van der Waals surface area contributed by atoms with Crippen molar-refractivity contribution in [3.63, 3.8) is 0 Å². The molecule has 0 heterocycles. The molecule has 0 aromatic heterocycles. The van der Waals surface area contributed by atoms with Gasteiger partial charge < -0.3 is 43.4 Å². The molecule has 0 spiro atoms. The Morgan fingerprint density at radius 2 is 1.55 bits per heavy atom. The van der Waals surface area contributed by atoms with Gasteiger partial charge in [0, 0.05) is 0 Å². The van der Waals surface area contributed by atoms with E-state index in [-0.39, 0.29) is 6.42 Å². The first kappa shape index (κ1) is 30.6. The van der Waals surface area contributed by atoms with Crippen molar-refractivity contribution in [2.24, 2.45) is 17.2 Å². The van der Waals surface area contributed by atoms with E-state index in [1.54, 1.807) is 6.26 Å². The number of nitrogens with one attached hydrogen (secondary N) is 3. The Morgan fingerprint density at radius 3 is 2.03 bits per heavy atom. The van der Waals surface area contributed by atoms with Gasteiger partial charge in [0.1, 0.15) is 18.1 Å². The molecule has 0 aromatic carbocycles. The minimum atomic E-state index is -1.54. The maximum atomic E-state index is 12.7. The van der Waals surface area contributed by atoms with Crippen LogP contribution >= 0.6 is 11.8 Å². The van der Waals surface area contributed by atoms with E-state index in [2.05, 4.69) is 16.0 Å². The number of thioether (sulfide) groups is 1. The standard InChI is InChI=1S/C19H36N6O7S/c1-10(26)15(18(30)23-12(19(31)32)6-8-33-2)25-17(29)13(9-14(22)27)24-16(28)11(21)5-3-4-7-20/h10-13,15,26H,3-9,20-21H2,1-2H3,(H2,22,27)(H,23,30)(H,24,28)(H,25,29)(H,31,32). The van der Waals surface area contributed by atoms with Crippen LogP contribution in [0.2, 0.25) is 0 Å². The van der Waals surface area contributed by atoms with Crippen molar-refractivity contribution >= 4 is 41.4 Å². The molecular formula is C19H36N6O7S. The summed E-state index contributed by atoms with van der Waals surface area (Å²) >= 11 is 1.39. The molecule has 0 aliphatic carbocycles. The second-order valence-corrected chi connectivity index (χ2v) is 8.52. The fourth-order valence-electron chi connectivity index (χ4n) is 2.74. The summed E-state index contributed by atoms with van der Waals surface area (Å²) in [5, 5.41) is 26.1. The van der Waals surface area contributed by atoms with Gasteiger partial charge >= 0.3 is 5.97 Å². The van der Waals surface area contributed by atoms with Crippen molar-refractivity contribution in [1.82, 2.24) is 16.0 Å². The van der Waals surface area contributed by atoms with Gasteiger partial charge in [0.15, 0.2) is 0 Å². The zero-order valence-electron chi connectivity index (χ0n) is 18.9. The van der Waals surface area contributed by atoms with Gasteiger partial charge in [0.2, 0.25) is 23.6 Å². The van der Waals surface area contributed by atoms with E-state index in [9.17, 15) is 34.2 Å². The molecule has 11 N–H and O–H groups in total. The van der Waals surface area contributed by atoms with Crippen LogP contribution in [-0.4, -0.2) is 88.6 Å². The number of amides is 4. The zero-order valence-corrected chi connectivity index (χ0v) is 19.7. The van der Waals surface area contributed by atoms with Gasteiger partial charge in [-0.1, -0.05) is 6.42 Å². The van der Waals surface area contributed by atoms with Crippen LogP contribution in [0.15, 0.2) is 0 Å². The number of carbonyl (C=O) groups excluding carboxylic acids is 4. The molecule has 0 rings (SSSR count). The Balaban J connectivity index is 5.32. The maximum absolute atomic E-state index is 12.7. The summed E-state index contributed by atoms with van der Waals surface area (Å²) in [5.74, 6) is -4.30. The van der Waals surface area contributed by atoms with Crippen LogP contribution in [0.5, 0.6) is 0 Å². The first-order valence-electron chi connectivity index (χ1n) is 10.5. The third-order valence-corrected chi connectivity index (χ3v) is 5.28. The normalized spacial score (nSPS) is 15.4. The smallest absolute Gasteiger partial charge is 0.326 e. The van der Waals surface area contributed by atoms with Crippen LogP contribution < -0.4 is 33.2 Å². The summed E-state index contributed by atoms with van der Waals surface area (Å²) in [6, 6.07) is -5.17. The minimum absolute atomic E-state index is 0.130. The van der Waals surface area contributed by atoms with Crippen molar-refractivity contribution in [2.45, 2.75) is 69.3 Å². The van der Waals surface area contributed by atoms with Crippen LogP contribution in [-0.2, 0) is 24.0 Å². The average Bonchev–Trinajstić information content (AvgIpc) is 2.73. The van der Waals surface area contributed by atoms with Crippen LogP contribution in [0.3, 0.4) is 0 Å². The zero-order chi connectivity index (χ0) is 25.6. The Kier molecular flexibility index (Phi) is 15.0. The summed E-state index contributed by atoms with van der Waals surface area (Å²) in [4.78, 5) is 60.3. The number of primary amides is 1. The van der Waals surface area contributed by atoms with Gasteiger partial charge in [-0.2, -0.15) is 11.8 Å². The molecule has 0 aliphatic heterocycles. The molecule has 0 bridgehead atoms. The van der Waals surface area contributed by atoms with Gasteiger partial charge in [-0.15, -0.1) is 0 Å². The number of nitrogens with two attached hydrogens (primary N) is 3. The lowest BCUT2D eigenvalue weighted by Crippen LogP contribution is -2.60. The van der Waals surface area contributed by atoms with E-state index in [0.717, 1.165) is 0 Å². The molecule has 5 atom stereocenters. The number of rotatable bonds is 17. The molecule has 0 saturated heterocycles.